The van der Waals surface area contributed by atoms with Gasteiger partial charge in [-0.25, -0.2) is 0 Å². The van der Waals surface area contributed by atoms with Crippen LogP contribution in [0.1, 0.15) is 23.2 Å². The molecule has 1 aliphatic heterocycles. The van der Waals surface area contributed by atoms with E-state index < -0.39 is 0 Å². The molecule has 102 valence electrons. The lowest BCUT2D eigenvalue weighted by Crippen LogP contribution is -2.28. The van der Waals surface area contributed by atoms with E-state index in [-0.39, 0.29) is 5.84 Å². The van der Waals surface area contributed by atoms with Crippen molar-refractivity contribution < 1.29 is 0 Å². The highest BCUT2D eigenvalue weighted by molar-refractivity contribution is 5.93. The van der Waals surface area contributed by atoms with E-state index in [1.54, 1.807) is 6.20 Å². The fraction of sp³-hybridized carbons (Fsp3) is 0.250. The first-order valence-electron chi connectivity index (χ1n) is 6.86. The lowest BCUT2D eigenvalue weighted by atomic mass is 10.0. The Labute approximate surface area is 118 Å². The zero-order chi connectivity index (χ0) is 13.9. The summed E-state index contributed by atoms with van der Waals surface area (Å²) in [6.07, 6.45) is 4.06. The second-order valence-corrected chi connectivity index (χ2v) is 5.12. The number of nitrogens with zero attached hydrogens (tertiary/aromatic N) is 2. The second kappa shape index (κ2) is 5.33. The Balaban J connectivity index is 1.85. The number of hydrogen-bond donors (Lipinski definition) is 2. The summed E-state index contributed by atoms with van der Waals surface area (Å²) < 4.78 is 0. The Morgan fingerprint density at radius 2 is 2.15 bits per heavy atom. The van der Waals surface area contributed by atoms with Crippen molar-refractivity contribution >= 4 is 11.5 Å². The number of pyridine rings is 1. The summed E-state index contributed by atoms with van der Waals surface area (Å²) >= 11 is 0. The van der Waals surface area contributed by atoms with Gasteiger partial charge in [0.25, 0.3) is 0 Å². The van der Waals surface area contributed by atoms with E-state index in [2.05, 4.69) is 34.1 Å². The predicted octanol–water partition coefficient (Wildman–Crippen LogP) is 2.32. The van der Waals surface area contributed by atoms with E-state index in [4.69, 9.17) is 11.1 Å². The van der Waals surface area contributed by atoms with Gasteiger partial charge in [-0.1, -0.05) is 18.2 Å². The standard InChI is InChI=1S/C16H18N4/c17-16(18)14-10-12(7-8-19-14)11-20-9-3-5-13-4-1-2-6-15(13)20/h1-2,4,6-8,10H,3,5,9,11H2,(H3,17,18). The van der Waals surface area contributed by atoms with E-state index in [0.717, 1.165) is 25.1 Å². The highest BCUT2D eigenvalue weighted by Gasteiger charge is 2.16. The first kappa shape index (κ1) is 12.7. The van der Waals surface area contributed by atoms with E-state index in [1.165, 1.54) is 17.7 Å². The number of rotatable bonds is 3. The minimum absolute atomic E-state index is 0.0193. The normalized spacial score (nSPS) is 13.9. The van der Waals surface area contributed by atoms with Gasteiger partial charge in [0.1, 0.15) is 11.5 Å². The molecular formula is C16H18N4. The highest BCUT2D eigenvalue weighted by atomic mass is 15.1. The smallest absolute Gasteiger partial charge is 0.141 e. The maximum Gasteiger partial charge on any atom is 0.141 e. The summed E-state index contributed by atoms with van der Waals surface area (Å²) in [6.45, 7) is 1.90. The second-order valence-electron chi connectivity index (χ2n) is 5.12. The Bertz CT molecular complexity index is 636. The summed E-state index contributed by atoms with van der Waals surface area (Å²) in [5, 5.41) is 7.47. The minimum atomic E-state index is 0.0193. The first-order chi connectivity index (χ1) is 9.74. The number of hydrogen-bond acceptors (Lipinski definition) is 3. The Morgan fingerprint density at radius 3 is 3.00 bits per heavy atom. The maximum atomic E-state index is 7.47. The van der Waals surface area contributed by atoms with Crippen molar-refractivity contribution in [2.45, 2.75) is 19.4 Å². The van der Waals surface area contributed by atoms with E-state index in [0.29, 0.717) is 5.69 Å². The molecule has 0 atom stereocenters. The van der Waals surface area contributed by atoms with Gasteiger partial charge in [-0.3, -0.25) is 10.4 Å². The molecule has 3 N–H and O–H groups in total. The molecule has 1 aliphatic rings. The number of aryl methyl sites for hydroxylation is 1. The number of amidine groups is 1. The number of benzene rings is 1. The molecule has 0 spiro atoms. The van der Waals surface area contributed by atoms with Gasteiger partial charge in [-0.05, 0) is 42.2 Å². The third-order valence-electron chi connectivity index (χ3n) is 3.68. The molecule has 0 saturated carbocycles. The van der Waals surface area contributed by atoms with Gasteiger partial charge in [0.15, 0.2) is 0 Å². The van der Waals surface area contributed by atoms with Crippen LogP contribution < -0.4 is 10.6 Å². The SMILES string of the molecule is N=C(N)c1cc(CN2CCCc3ccccc32)ccn1. The van der Waals surface area contributed by atoms with Crippen LogP contribution in [0.5, 0.6) is 0 Å². The lowest BCUT2D eigenvalue weighted by molar-refractivity contribution is 0.691. The molecule has 1 aromatic carbocycles. The molecule has 2 heterocycles. The van der Waals surface area contributed by atoms with Crippen molar-refractivity contribution in [1.29, 1.82) is 5.41 Å². The van der Waals surface area contributed by atoms with E-state index >= 15 is 0 Å². The van der Waals surface area contributed by atoms with Crippen LogP contribution in [0.4, 0.5) is 5.69 Å². The van der Waals surface area contributed by atoms with Gasteiger partial charge in [-0.2, -0.15) is 0 Å². The molecule has 0 unspecified atom stereocenters. The number of nitrogens with two attached hydrogens (primary N) is 1. The van der Waals surface area contributed by atoms with Gasteiger partial charge >= 0.3 is 0 Å². The fourth-order valence-electron chi connectivity index (χ4n) is 2.72. The van der Waals surface area contributed by atoms with Gasteiger partial charge in [0.05, 0.1) is 0 Å². The van der Waals surface area contributed by atoms with Crippen LogP contribution in [0.15, 0.2) is 42.6 Å². The van der Waals surface area contributed by atoms with Crippen molar-refractivity contribution in [3.8, 4) is 0 Å². The monoisotopic (exact) mass is 266 g/mol. The molecule has 4 heteroatoms. The Morgan fingerprint density at radius 1 is 1.30 bits per heavy atom. The van der Waals surface area contributed by atoms with Crippen LogP contribution in [0.3, 0.4) is 0 Å². The van der Waals surface area contributed by atoms with Crippen LogP contribution in [0, 0.1) is 5.41 Å². The van der Waals surface area contributed by atoms with Crippen LogP contribution in [-0.2, 0) is 13.0 Å². The Kier molecular flexibility index (Phi) is 3.37. The number of nitrogens with one attached hydrogen (secondary N) is 1. The van der Waals surface area contributed by atoms with Crippen LogP contribution >= 0.6 is 0 Å². The summed E-state index contributed by atoms with van der Waals surface area (Å²) in [4.78, 5) is 6.50. The summed E-state index contributed by atoms with van der Waals surface area (Å²) in [5.41, 5.74) is 9.92. The largest absolute Gasteiger partial charge is 0.382 e. The number of para-hydroxylation sites is 1. The predicted molar refractivity (Wildman–Crippen MR) is 81.1 cm³/mol. The summed E-state index contributed by atoms with van der Waals surface area (Å²) in [5.74, 6) is 0.0193. The van der Waals surface area contributed by atoms with Gasteiger partial charge in [-0.15, -0.1) is 0 Å². The lowest BCUT2D eigenvalue weighted by Gasteiger charge is -2.31. The minimum Gasteiger partial charge on any atom is -0.382 e. The van der Waals surface area contributed by atoms with E-state index in [1.807, 2.05) is 12.1 Å². The van der Waals surface area contributed by atoms with Crippen LogP contribution in [0.25, 0.3) is 0 Å². The third kappa shape index (κ3) is 2.50. The molecule has 20 heavy (non-hydrogen) atoms. The van der Waals surface area contributed by atoms with Gasteiger partial charge < -0.3 is 10.6 Å². The van der Waals surface area contributed by atoms with Crippen LogP contribution in [0.2, 0.25) is 0 Å². The van der Waals surface area contributed by atoms with Crippen molar-refractivity contribution in [3.05, 3.63) is 59.4 Å². The Hall–Kier alpha value is -2.36. The third-order valence-corrected chi connectivity index (χ3v) is 3.68. The maximum absolute atomic E-state index is 7.47. The molecule has 0 amide bonds. The quantitative estimate of drug-likeness (QED) is 0.662. The van der Waals surface area contributed by atoms with Gasteiger partial charge in [0.2, 0.25) is 0 Å². The molecule has 0 radical (unpaired) electrons. The summed E-state index contributed by atoms with van der Waals surface area (Å²) in [6, 6.07) is 12.5. The average Bonchev–Trinajstić information content (AvgIpc) is 2.48. The number of aromatic nitrogens is 1. The van der Waals surface area contributed by atoms with Crippen molar-refractivity contribution in [2.75, 3.05) is 11.4 Å². The average molecular weight is 266 g/mol. The van der Waals surface area contributed by atoms with Crippen molar-refractivity contribution in [1.82, 2.24) is 4.98 Å². The topological polar surface area (TPSA) is 66.0 Å². The van der Waals surface area contributed by atoms with Crippen molar-refractivity contribution in [2.24, 2.45) is 5.73 Å². The highest BCUT2D eigenvalue weighted by Crippen LogP contribution is 2.27. The molecule has 4 nitrogen and oxygen atoms in total. The molecule has 3 rings (SSSR count). The fourth-order valence-corrected chi connectivity index (χ4v) is 2.72. The molecule has 0 bridgehead atoms. The number of anilines is 1. The molecular weight excluding hydrogens is 248 g/mol. The van der Waals surface area contributed by atoms with Gasteiger partial charge in [0, 0.05) is 25.0 Å². The van der Waals surface area contributed by atoms with E-state index in [9.17, 15) is 0 Å². The number of nitrogen functional groups attached to an aromatic ring is 1. The first-order valence-corrected chi connectivity index (χ1v) is 6.86. The zero-order valence-electron chi connectivity index (χ0n) is 11.3. The molecule has 0 fully saturated rings. The summed E-state index contributed by atoms with van der Waals surface area (Å²) in [7, 11) is 0. The molecule has 2 aromatic rings. The number of fused-ring (bicyclic) bond motifs is 1. The molecule has 1 aromatic heterocycles. The zero-order valence-corrected chi connectivity index (χ0v) is 11.3. The van der Waals surface area contributed by atoms with Crippen molar-refractivity contribution in [3.63, 3.8) is 0 Å². The van der Waals surface area contributed by atoms with Crippen LogP contribution in [-0.4, -0.2) is 17.4 Å². The molecule has 0 saturated heterocycles. The molecule has 0 aliphatic carbocycles.